The van der Waals surface area contributed by atoms with Crippen molar-refractivity contribution in [3.8, 4) is 0 Å². The van der Waals surface area contributed by atoms with Crippen molar-refractivity contribution >= 4 is 15.2 Å². The van der Waals surface area contributed by atoms with E-state index in [0.29, 0.717) is 38.8 Å². The van der Waals surface area contributed by atoms with E-state index in [1.54, 1.807) is 0 Å². The van der Waals surface area contributed by atoms with Crippen LogP contribution in [0, 0.1) is 11.8 Å². The Hall–Kier alpha value is 0.300. The maximum atomic E-state index is 13.8. The van der Waals surface area contributed by atoms with Gasteiger partial charge in [0.25, 0.3) is 0 Å². The zero-order valence-electron chi connectivity index (χ0n) is 24.1. The third-order valence-electron chi connectivity index (χ3n) is 7.06. The SMILES string of the molecule is CCCCOP(=O)(CC(CCCC1CCCCC1)CP(=O)(OCCCC)OCCCC)OCCCC. The van der Waals surface area contributed by atoms with E-state index >= 15 is 0 Å². The summed E-state index contributed by atoms with van der Waals surface area (Å²) in [7, 11) is -6.58. The lowest BCUT2D eigenvalue weighted by molar-refractivity contribution is 0.189. The molecule has 1 rings (SSSR count). The Kier molecular flexibility index (Phi) is 20.2. The highest BCUT2D eigenvalue weighted by Gasteiger charge is 2.35. The second-order valence-corrected chi connectivity index (χ2v) is 14.8. The molecule has 6 nitrogen and oxygen atoms in total. The fourth-order valence-electron chi connectivity index (χ4n) is 4.72. The highest BCUT2D eigenvalue weighted by molar-refractivity contribution is 7.55. The summed E-state index contributed by atoms with van der Waals surface area (Å²) in [6, 6.07) is 0. The van der Waals surface area contributed by atoms with Crippen LogP contribution in [-0.4, -0.2) is 38.8 Å². The van der Waals surface area contributed by atoms with Crippen LogP contribution in [0.4, 0.5) is 0 Å². The van der Waals surface area contributed by atoms with Crippen molar-refractivity contribution in [3.63, 3.8) is 0 Å². The standard InChI is InChI=1S/C28H58O6P2/c1-5-9-21-31-35(29,32-22-10-6-2)25-28(20-16-19-27-17-14-13-15-18-27)26-36(30,33-23-11-7-3)34-24-12-8-4/h27-28H,5-26H2,1-4H3. The smallest absolute Gasteiger partial charge is 0.309 e. The first-order valence-electron chi connectivity index (χ1n) is 15.2. The molecule has 0 radical (unpaired) electrons. The number of hydrogen-bond acceptors (Lipinski definition) is 6. The van der Waals surface area contributed by atoms with E-state index in [1.165, 1.54) is 38.5 Å². The van der Waals surface area contributed by atoms with Crippen LogP contribution < -0.4 is 0 Å². The van der Waals surface area contributed by atoms with Crippen molar-refractivity contribution in [2.45, 2.75) is 130 Å². The second-order valence-electron chi connectivity index (χ2n) is 10.6. The van der Waals surface area contributed by atoms with E-state index in [1.807, 2.05) is 0 Å². The summed E-state index contributed by atoms with van der Waals surface area (Å²) < 4.78 is 51.3. The fraction of sp³-hybridized carbons (Fsp3) is 1.00. The van der Waals surface area contributed by atoms with Crippen LogP contribution in [0.25, 0.3) is 0 Å². The lowest BCUT2D eigenvalue weighted by Gasteiger charge is -2.28. The molecular weight excluding hydrogens is 494 g/mol. The van der Waals surface area contributed by atoms with Crippen LogP contribution >= 0.6 is 15.2 Å². The maximum absolute atomic E-state index is 13.8. The molecule has 0 heterocycles. The Balaban J connectivity index is 2.96. The van der Waals surface area contributed by atoms with Gasteiger partial charge < -0.3 is 18.1 Å². The van der Waals surface area contributed by atoms with Crippen molar-refractivity contribution in [1.29, 1.82) is 0 Å². The van der Waals surface area contributed by atoms with Gasteiger partial charge in [-0.2, -0.15) is 0 Å². The van der Waals surface area contributed by atoms with Gasteiger partial charge in [0.1, 0.15) is 0 Å². The zero-order chi connectivity index (χ0) is 26.5. The molecule has 0 spiro atoms. The van der Waals surface area contributed by atoms with Gasteiger partial charge in [-0.25, -0.2) is 0 Å². The molecule has 1 aliphatic carbocycles. The van der Waals surface area contributed by atoms with Crippen LogP contribution in [-0.2, 0) is 27.2 Å². The number of unbranched alkanes of at least 4 members (excludes halogenated alkanes) is 4. The largest absolute Gasteiger partial charge is 0.330 e. The topological polar surface area (TPSA) is 71.1 Å². The lowest BCUT2D eigenvalue weighted by atomic mass is 9.85. The van der Waals surface area contributed by atoms with Crippen LogP contribution in [0.5, 0.6) is 0 Å². The predicted octanol–water partition coefficient (Wildman–Crippen LogP) is 10.0. The summed E-state index contributed by atoms with van der Waals surface area (Å²) >= 11 is 0. The quantitative estimate of drug-likeness (QED) is 0.0876. The number of hydrogen-bond donors (Lipinski definition) is 0. The summed E-state index contributed by atoms with van der Waals surface area (Å²) in [6.07, 6.45) is 17.7. The van der Waals surface area contributed by atoms with E-state index in [0.717, 1.165) is 70.1 Å². The minimum Gasteiger partial charge on any atom is -0.309 e. The molecule has 1 fully saturated rings. The van der Waals surface area contributed by atoms with E-state index in [2.05, 4.69) is 27.7 Å². The summed E-state index contributed by atoms with van der Waals surface area (Å²) in [4.78, 5) is 0. The summed E-state index contributed by atoms with van der Waals surface area (Å²) in [6.45, 7) is 10.1. The van der Waals surface area contributed by atoms with Crippen molar-refractivity contribution < 1.29 is 27.2 Å². The van der Waals surface area contributed by atoms with Gasteiger partial charge in [0.15, 0.2) is 0 Å². The zero-order valence-corrected chi connectivity index (χ0v) is 25.8. The third kappa shape index (κ3) is 16.3. The summed E-state index contributed by atoms with van der Waals surface area (Å²) in [5.41, 5.74) is 0. The molecule has 36 heavy (non-hydrogen) atoms. The van der Waals surface area contributed by atoms with Gasteiger partial charge >= 0.3 is 15.2 Å². The van der Waals surface area contributed by atoms with Crippen molar-refractivity contribution in [1.82, 2.24) is 0 Å². The minimum atomic E-state index is -3.29. The van der Waals surface area contributed by atoms with Crippen LogP contribution in [0.15, 0.2) is 0 Å². The molecule has 0 saturated heterocycles. The third-order valence-corrected chi connectivity index (χ3v) is 11.3. The van der Waals surface area contributed by atoms with Crippen LogP contribution in [0.3, 0.4) is 0 Å². The summed E-state index contributed by atoms with van der Waals surface area (Å²) in [5.74, 6) is 0.720. The van der Waals surface area contributed by atoms with E-state index < -0.39 is 15.2 Å². The average molecular weight is 553 g/mol. The first kappa shape index (κ1) is 34.3. The highest BCUT2D eigenvalue weighted by Crippen LogP contribution is 2.56. The Labute approximate surface area is 223 Å². The molecular formula is C28H58O6P2. The molecule has 1 saturated carbocycles. The average Bonchev–Trinajstić information content (AvgIpc) is 2.85. The molecule has 216 valence electrons. The first-order chi connectivity index (χ1) is 17.4. The molecule has 0 unspecified atom stereocenters. The van der Waals surface area contributed by atoms with Crippen molar-refractivity contribution in [2.24, 2.45) is 11.8 Å². The van der Waals surface area contributed by atoms with Gasteiger partial charge in [-0.3, -0.25) is 9.13 Å². The van der Waals surface area contributed by atoms with Gasteiger partial charge in [-0.1, -0.05) is 98.3 Å². The molecule has 8 heteroatoms. The predicted molar refractivity (Wildman–Crippen MR) is 152 cm³/mol. The van der Waals surface area contributed by atoms with Gasteiger partial charge in [-0.05, 0) is 43.9 Å². The molecule has 0 aromatic heterocycles. The van der Waals surface area contributed by atoms with E-state index in [9.17, 15) is 9.13 Å². The Morgan fingerprint density at radius 3 is 1.36 bits per heavy atom. The Bertz CT molecular complexity index is 541. The van der Waals surface area contributed by atoms with Crippen LogP contribution in [0.1, 0.15) is 130 Å². The van der Waals surface area contributed by atoms with Gasteiger partial charge in [0.2, 0.25) is 0 Å². The van der Waals surface area contributed by atoms with E-state index in [-0.39, 0.29) is 5.92 Å². The first-order valence-corrected chi connectivity index (χ1v) is 18.6. The lowest BCUT2D eigenvalue weighted by Crippen LogP contribution is -2.18. The minimum absolute atomic E-state index is 0.0724. The summed E-state index contributed by atoms with van der Waals surface area (Å²) in [5, 5.41) is 0. The molecule has 1 aliphatic rings. The molecule has 0 aromatic rings. The van der Waals surface area contributed by atoms with Crippen molar-refractivity contribution in [3.05, 3.63) is 0 Å². The highest BCUT2D eigenvalue weighted by atomic mass is 31.2. The Morgan fingerprint density at radius 1 is 0.611 bits per heavy atom. The molecule has 0 aromatic carbocycles. The normalized spacial score (nSPS) is 15.7. The molecule has 0 amide bonds. The second kappa shape index (κ2) is 21.2. The van der Waals surface area contributed by atoms with Crippen LogP contribution in [0.2, 0.25) is 0 Å². The molecule has 0 N–H and O–H groups in total. The molecule has 0 bridgehead atoms. The van der Waals surface area contributed by atoms with E-state index in [4.69, 9.17) is 18.1 Å². The maximum Gasteiger partial charge on any atom is 0.330 e. The number of rotatable bonds is 24. The van der Waals surface area contributed by atoms with Gasteiger partial charge in [-0.15, -0.1) is 0 Å². The Morgan fingerprint density at radius 2 is 1.00 bits per heavy atom. The monoisotopic (exact) mass is 552 g/mol. The van der Waals surface area contributed by atoms with Gasteiger partial charge in [0, 0.05) is 0 Å². The fourth-order valence-corrected chi connectivity index (χ4v) is 9.01. The molecule has 0 aliphatic heterocycles. The van der Waals surface area contributed by atoms with Gasteiger partial charge in [0.05, 0.1) is 38.8 Å². The molecule has 0 atom stereocenters. The van der Waals surface area contributed by atoms with Crippen molar-refractivity contribution in [2.75, 3.05) is 38.8 Å².